The molecule has 3 heteroatoms. The SMILES string of the molecule is [B]N(CC)C(CC)CC=O. The molecule has 1 atom stereocenters. The highest BCUT2D eigenvalue weighted by Gasteiger charge is 2.08. The van der Waals surface area contributed by atoms with Gasteiger partial charge in [0.15, 0.2) is 7.98 Å². The highest BCUT2D eigenvalue weighted by Crippen LogP contribution is 2.02. The van der Waals surface area contributed by atoms with Gasteiger partial charge >= 0.3 is 0 Å². The fourth-order valence-corrected chi connectivity index (χ4v) is 0.906. The Labute approximate surface area is 64.0 Å². The van der Waals surface area contributed by atoms with Gasteiger partial charge in [-0.25, -0.2) is 0 Å². The van der Waals surface area contributed by atoms with E-state index in [0.717, 1.165) is 19.3 Å². The maximum absolute atomic E-state index is 10.1. The fourth-order valence-electron chi connectivity index (χ4n) is 0.906. The van der Waals surface area contributed by atoms with Crippen molar-refractivity contribution in [3.8, 4) is 0 Å². The summed E-state index contributed by atoms with van der Waals surface area (Å²) in [5.74, 6) is 0. The van der Waals surface area contributed by atoms with Gasteiger partial charge in [0.05, 0.1) is 0 Å². The molecule has 10 heavy (non-hydrogen) atoms. The summed E-state index contributed by atoms with van der Waals surface area (Å²) < 4.78 is 0. The molecule has 56 valence electrons. The molecule has 0 aromatic heterocycles. The van der Waals surface area contributed by atoms with Crippen molar-refractivity contribution in [3.05, 3.63) is 0 Å². The van der Waals surface area contributed by atoms with Crippen LogP contribution in [0.2, 0.25) is 0 Å². The van der Waals surface area contributed by atoms with Crippen LogP contribution in [0.5, 0.6) is 0 Å². The third kappa shape index (κ3) is 3.02. The zero-order valence-electron chi connectivity index (χ0n) is 6.71. The second-order valence-corrected chi connectivity index (χ2v) is 2.29. The van der Waals surface area contributed by atoms with E-state index in [1.807, 2.05) is 13.8 Å². The summed E-state index contributed by atoms with van der Waals surface area (Å²) in [5, 5.41) is 0. The van der Waals surface area contributed by atoms with Gasteiger partial charge in [-0.05, 0) is 13.0 Å². The summed E-state index contributed by atoms with van der Waals surface area (Å²) in [5.41, 5.74) is 0. The number of carbonyl (C=O) groups excluding carboxylic acids is 1. The molecule has 0 aliphatic heterocycles. The first-order chi connectivity index (χ1) is 4.76. The molecule has 0 aliphatic rings. The summed E-state index contributed by atoms with van der Waals surface area (Å²) >= 11 is 0. The van der Waals surface area contributed by atoms with Crippen LogP contribution in [-0.4, -0.2) is 31.7 Å². The van der Waals surface area contributed by atoms with Gasteiger partial charge in [-0.15, -0.1) is 0 Å². The Bertz CT molecular complexity index is 97.6. The van der Waals surface area contributed by atoms with E-state index in [1.54, 1.807) is 4.81 Å². The molecule has 1 unspecified atom stereocenters. The molecule has 2 nitrogen and oxygen atoms in total. The summed E-state index contributed by atoms with van der Waals surface area (Å²) in [6.07, 6.45) is 2.40. The van der Waals surface area contributed by atoms with Gasteiger partial charge < -0.3 is 9.61 Å². The predicted molar refractivity (Wildman–Crippen MR) is 42.9 cm³/mol. The van der Waals surface area contributed by atoms with Crippen LogP contribution in [0.4, 0.5) is 0 Å². The van der Waals surface area contributed by atoms with Crippen LogP contribution in [0.3, 0.4) is 0 Å². The molecule has 0 spiro atoms. The maximum atomic E-state index is 10.1. The zero-order chi connectivity index (χ0) is 7.98. The summed E-state index contributed by atoms with van der Waals surface area (Å²) in [7, 11) is 5.59. The molecule has 0 N–H and O–H groups in total. The van der Waals surface area contributed by atoms with Gasteiger partial charge in [-0.2, -0.15) is 0 Å². The first kappa shape index (κ1) is 9.69. The van der Waals surface area contributed by atoms with E-state index in [4.69, 9.17) is 7.98 Å². The third-order valence-corrected chi connectivity index (χ3v) is 1.67. The highest BCUT2D eigenvalue weighted by atomic mass is 16.1. The minimum absolute atomic E-state index is 0.225. The highest BCUT2D eigenvalue weighted by molar-refractivity contribution is 6.04. The summed E-state index contributed by atoms with van der Waals surface area (Å²) in [4.78, 5) is 11.8. The Balaban J connectivity index is 3.67. The molecule has 0 rings (SSSR count). The van der Waals surface area contributed by atoms with Gasteiger partial charge in [0, 0.05) is 12.5 Å². The third-order valence-electron chi connectivity index (χ3n) is 1.67. The van der Waals surface area contributed by atoms with Crippen molar-refractivity contribution in [1.29, 1.82) is 0 Å². The largest absolute Gasteiger partial charge is 0.351 e. The van der Waals surface area contributed by atoms with Crippen LogP contribution in [-0.2, 0) is 4.79 Å². The maximum Gasteiger partial charge on any atom is 0.182 e. The molecular formula is C7H14BNO. The topological polar surface area (TPSA) is 20.3 Å². The molecule has 0 amide bonds. The van der Waals surface area contributed by atoms with Crippen molar-refractivity contribution in [2.24, 2.45) is 0 Å². The van der Waals surface area contributed by atoms with Gasteiger partial charge in [0.25, 0.3) is 0 Å². The summed E-state index contributed by atoms with van der Waals surface area (Å²) in [6.45, 7) is 4.81. The first-order valence-corrected chi connectivity index (χ1v) is 3.71. The van der Waals surface area contributed by atoms with E-state index in [9.17, 15) is 4.79 Å². The van der Waals surface area contributed by atoms with Gasteiger partial charge in [0.2, 0.25) is 0 Å². The normalized spacial score (nSPS) is 13.5. The van der Waals surface area contributed by atoms with Gasteiger partial charge in [-0.3, -0.25) is 0 Å². The zero-order valence-corrected chi connectivity index (χ0v) is 6.71. The molecule has 0 saturated carbocycles. The van der Waals surface area contributed by atoms with E-state index in [0.29, 0.717) is 6.42 Å². The minimum atomic E-state index is 0.225. The van der Waals surface area contributed by atoms with Crippen molar-refractivity contribution in [1.82, 2.24) is 4.81 Å². The smallest absolute Gasteiger partial charge is 0.182 e. The van der Waals surface area contributed by atoms with Crippen molar-refractivity contribution in [3.63, 3.8) is 0 Å². The Morgan fingerprint density at radius 3 is 2.50 bits per heavy atom. The Morgan fingerprint density at radius 1 is 1.60 bits per heavy atom. The number of aldehydes is 1. The van der Waals surface area contributed by atoms with E-state index in [2.05, 4.69) is 0 Å². The van der Waals surface area contributed by atoms with Crippen molar-refractivity contribution >= 4 is 14.3 Å². The molecule has 2 radical (unpaired) electrons. The lowest BCUT2D eigenvalue weighted by atomic mass is 10.1. The second-order valence-electron chi connectivity index (χ2n) is 2.29. The van der Waals surface area contributed by atoms with Crippen LogP contribution in [0, 0.1) is 0 Å². The summed E-state index contributed by atoms with van der Waals surface area (Å²) in [6, 6.07) is 0.225. The molecule has 0 aliphatic carbocycles. The minimum Gasteiger partial charge on any atom is -0.351 e. The Kier molecular flexibility index (Phi) is 5.31. The average Bonchev–Trinajstić information content (AvgIpc) is 1.99. The van der Waals surface area contributed by atoms with Gasteiger partial charge in [0.1, 0.15) is 6.29 Å². The van der Waals surface area contributed by atoms with Crippen LogP contribution >= 0.6 is 0 Å². The molecule has 0 aromatic rings. The fraction of sp³-hybridized carbons (Fsp3) is 0.857. The van der Waals surface area contributed by atoms with E-state index in [-0.39, 0.29) is 6.04 Å². The molecule has 0 heterocycles. The lowest BCUT2D eigenvalue weighted by Crippen LogP contribution is -2.32. The van der Waals surface area contributed by atoms with Crippen molar-refractivity contribution < 1.29 is 4.79 Å². The van der Waals surface area contributed by atoms with Crippen LogP contribution in [0.25, 0.3) is 0 Å². The van der Waals surface area contributed by atoms with Crippen LogP contribution < -0.4 is 0 Å². The molecule has 0 bridgehead atoms. The second kappa shape index (κ2) is 5.48. The van der Waals surface area contributed by atoms with Gasteiger partial charge in [-0.1, -0.05) is 13.8 Å². The molecule has 0 fully saturated rings. The van der Waals surface area contributed by atoms with E-state index in [1.165, 1.54) is 0 Å². The van der Waals surface area contributed by atoms with Crippen molar-refractivity contribution in [2.45, 2.75) is 32.7 Å². The van der Waals surface area contributed by atoms with E-state index >= 15 is 0 Å². The number of rotatable bonds is 5. The molecular weight excluding hydrogens is 125 g/mol. The predicted octanol–water partition coefficient (Wildman–Crippen LogP) is 0.759. The molecule has 0 aromatic carbocycles. The number of carbonyl (C=O) groups is 1. The number of nitrogens with zero attached hydrogens (tertiary/aromatic N) is 1. The standard InChI is InChI=1S/C7H14BNO/c1-3-7(5-6-10)9(8)4-2/h6-7H,3-5H2,1-2H3. The Morgan fingerprint density at radius 2 is 2.20 bits per heavy atom. The van der Waals surface area contributed by atoms with Crippen molar-refractivity contribution in [2.75, 3.05) is 6.54 Å². The first-order valence-electron chi connectivity index (χ1n) is 3.71. The van der Waals surface area contributed by atoms with Crippen LogP contribution in [0.15, 0.2) is 0 Å². The quantitative estimate of drug-likeness (QED) is 0.414. The monoisotopic (exact) mass is 139 g/mol. The number of hydrogen-bond donors (Lipinski definition) is 0. The number of hydrogen-bond acceptors (Lipinski definition) is 2. The Hall–Kier alpha value is -0.305. The van der Waals surface area contributed by atoms with E-state index < -0.39 is 0 Å². The average molecular weight is 139 g/mol. The lowest BCUT2D eigenvalue weighted by Gasteiger charge is -2.24. The molecule has 0 saturated heterocycles. The van der Waals surface area contributed by atoms with Crippen LogP contribution in [0.1, 0.15) is 26.7 Å². The lowest BCUT2D eigenvalue weighted by molar-refractivity contribution is -0.108.